The highest BCUT2D eigenvalue weighted by molar-refractivity contribution is 6.31. The summed E-state index contributed by atoms with van der Waals surface area (Å²) >= 11 is 6.19. The van der Waals surface area contributed by atoms with E-state index in [1.807, 2.05) is 49.4 Å². The van der Waals surface area contributed by atoms with Crippen LogP contribution in [0.4, 0.5) is 0 Å². The van der Waals surface area contributed by atoms with Crippen molar-refractivity contribution in [3.05, 3.63) is 64.7 Å². The van der Waals surface area contributed by atoms with Crippen LogP contribution in [-0.2, 0) is 22.6 Å². The number of ether oxygens (including phenoxy) is 1. The van der Waals surface area contributed by atoms with Crippen molar-refractivity contribution in [2.24, 2.45) is 0 Å². The Morgan fingerprint density at radius 1 is 1.15 bits per heavy atom. The Hall–Kier alpha value is -2.53. The second-order valence-corrected chi connectivity index (χ2v) is 6.62. The highest BCUT2D eigenvalue weighted by atomic mass is 35.5. The first-order valence-corrected chi connectivity index (χ1v) is 9.27. The molecule has 0 aliphatic rings. The van der Waals surface area contributed by atoms with Crippen molar-refractivity contribution in [3.63, 3.8) is 0 Å². The lowest BCUT2D eigenvalue weighted by atomic mass is 10.1. The summed E-state index contributed by atoms with van der Waals surface area (Å²) in [5.41, 5.74) is 1.66. The molecule has 0 bridgehead atoms. The van der Waals surface area contributed by atoms with Gasteiger partial charge in [0.05, 0.1) is 13.5 Å². The fourth-order valence-electron chi connectivity index (χ4n) is 2.74. The van der Waals surface area contributed by atoms with Gasteiger partial charge in [-0.3, -0.25) is 9.59 Å². The van der Waals surface area contributed by atoms with Crippen LogP contribution in [0.1, 0.15) is 25.0 Å². The van der Waals surface area contributed by atoms with Crippen LogP contribution < -0.4 is 10.1 Å². The third-order valence-electron chi connectivity index (χ3n) is 4.33. The second-order valence-electron chi connectivity index (χ2n) is 6.21. The Balaban J connectivity index is 2.23. The summed E-state index contributed by atoms with van der Waals surface area (Å²) in [6.45, 7) is 4.42. The van der Waals surface area contributed by atoms with Crippen LogP contribution >= 0.6 is 11.6 Å². The van der Waals surface area contributed by atoms with E-state index in [1.165, 1.54) is 0 Å². The average Bonchev–Trinajstić information content (AvgIpc) is 2.68. The van der Waals surface area contributed by atoms with Crippen LogP contribution in [0, 0.1) is 0 Å². The van der Waals surface area contributed by atoms with Gasteiger partial charge in [0.1, 0.15) is 11.8 Å². The topological polar surface area (TPSA) is 58.6 Å². The number of nitrogens with one attached hydrogen (secondary N) is 1. The molecule has 0 saturated heterocycles. The van der Waals surface area contributed by atoms with Gasteiger partial charge < -0.3 is 15.0 Å². The third kappa shape index (κ3) is 5.73. The molecule has 0 aromatic heterocycles. The number of benzene rings is 2. The van der Waals surface area contributed by atoms with E-state index in [0.29, 0.717) is 18.1 Å². The lowest BCUT2D eigenvalue weighted by Crippen LogP contribution is -2.48. The number of rotatable bonds is 8. The van der Waals surface area contributed by atoms with Crippen molar-refractivity contribution < 1.29 is 14.3 Å². The maximum atomic E-state index is 13.0. The molecule has 6 heteroatoms. The molecule has 0 fully saturated rings. The molecule has 1 atom stereocenters. The van der Waals surface area contributed by atoms with E-state index in [0.717, 1.165) is 16.9 Å². The van der Waals surface area contributed by atoms with Crippen LogP contribution in [-0.4, -0.2) is 36.4 Å². The van der Waals surface area contributed by atoms with Crippen molar-refractivity contribution in [2.75, 3.05) is 13.7 Å². The standard InChI is InChI=1S/C21H25ClN2O3/c1-4-23-21(26)15(2)24(14-16-9-11-18(27-3)12-10-16)20(25)13-17-7-5-6-8-19(17)22/h5-12,15H,4,13-14H2,1-3H3,(H,23,26)/t15-/m0/s1. The Morgan fingerprint density at radius 2 is 1.81 bits per heavy atom. The fourth-order valence-corrected chi connectivity index (χ4v) is 2.94. The summed E-state index contributed by atoms with van der Waals surface area (Å²) in [4.78, 5) is 26.9. The quantitative estimate of drug-likeness (QED) is 0.753. The van der Waals surface area contributed by atoms with E-state index in [4.69, 9.17) is 16.3 Å². The van der Waals surface area contributed by atoms with E-state index < -0.39 is 6.04 Å². The van der Waals surface area contributed by atoms with Gasteiger partial charge in [-0.05, 0) is 43.2 Å². The predicted molar refractivity (Wildman–Crippen MR) is 107 cm³/mol. The maximum absolute atomic E-state index is 13.0. The summed E-state index contributed by atoms with van der Waals surface area (Å²) in [7, 11) is 1.60. The normalized spacial score (nSPS) is 11.6. The molecule has 2 aromatic rings. The first-order chi connectivity index (χ1) is 13.0. The third-order valence-corrected chi connectivity index (χ3v) is 4.70. The molecule has 0 heterocycles. The molecule has 0 saturated carbocycles. The van der Waals surface area contributed by atoms with Gasteiger partial charge in [-0.1, -0.05) is 41.9 Å². The van der Waals surface area contributed by atoms with Crippen molar-refractivity contribution in [2.45, 2.75) is 32.9 Å². The van der Waals surface area contributed by atoms with E-state index in [2.05, 4.69) is 5.32 Å². The Labute approximate surface area is 165 Å². The molecule has 0 spiro atoms. The number of carbonyl (C=O) groups is 2. The number of methoxy groups -OCH3 is 1. The molecule has 1 N–H and O–H groups in total. The van der Waals surface area contributed by atoms with E-state index >= 15 is 0 Å². The Kier molecular flexibility index (Phi) is 7.67. The maximum Gasteiger partial charge on any atom is 0.242 e. The zero-order valence-electron chi connectivity index (χ0n) is 15.9. The molecule has 27 heavy (non-hydrogen) atoms. The first-order valence-electron chi connectivity index (χ1n) is 8.89. The molecule has 2 aromatic carbocycles. The van der Waals surface area contributed by atoms with Gasteiger partial charge in [0.2, 0.25) is 11.8 Å². The number of carbonyl (C=O) groups excluding carboxylic acids is 2. The van der Waals surface area contributed by atoms with Gasteiger partial charge in [0.25, 0.3) is 0 Å². The zero-order chi connectivity index (χ0) is 19.8. The lowest BCUT2D eigenvalue weighted by molar-refractivity contribution is -0.140. The van der Waals surface area contributed by atoms with Crippen LogP contribution in [0.2, 0.25) is 5.02 Å². The minimum Gasteiger partial charge on any atom is -0.497 e. The van der Waals surface area contributed by atoms with Crippen LogP contribution in [0.3, 0.4) is 0 Å². The van der Waals surface area contributed by atoms with Crippen molar-refractivity contribution in [3.8, 4) is 5.75 Å². The number of amides is 2. The van der Waals surface area contributed by atoms with Crippen molar-refractivity contribution in [1.29, 1.82) is 0 Å². The van der Waals surface area contributed by atoms with E-state index in [9.17, 15) is 9.59 Å². The minimum absolute atomic E-state index is 0.138. The largest absolute Gasteiger partial charge is 0.497 e. The molecule has 144 valence electrons. The van der Waals surface area contributed by atoms with E-state index in [1.54, 1.807) is 25.0 Å². The number of likely N-dealkylation sites (N-methyl/N-ethyl adjacent to an activating group) is 1. The SMILES string of the molecule is CCNC(=O)[C@H](C)N(Cc1ccc(OC)cc1)C(=O)Cc1ccccc1Cl. The molecule has 2 amide bonds. The van der Waals surface area contributed by atoms with Gasteiger partial charge in [-0.2, -0.15) is 0 Å². The van der Waals surface area contributed by atoms with Crippen molar-refractivity contribution >= 4 is 23.4 Å². The summed E-state index contributed by atoms with van der Waals surface area (Å²) in [6, 6.07) is 14.1. The highest BCUT2D eigenvalue weighted by Crippen LogP contribution is 2.19. The average molecular weight is 389 g/mol. The van der Waals surface area contributed by atoms with E-state index in [-0.39, 0.29) is 18.2 Å². The van der Waals surface area contributed by atoms with Crippen LogP contribution in [0.15, 0.2) is 48.5 Å². The molecule has 2 rings (SSSR count). The number of hydrogen-bond acceptors (Lipinski definition) is 3. The van der Waals surface area contributed by atoms with Crippen LogP contribution in [0.5, 0.6) is 5.75 Å². The predicted octanol–water partition coefficient (Wildman–Crippen LogP) is 3.44. The van der Waals surface area contributed by atoms with Gasteiger partial charge >= 0.3 is 0 Å². The fraction of sp³-hybridized carbons (Fsp3) is 0.333. The van der Waals surface area contributed by atoms with Gasteiger partial charge in [-0.15, -0.1) is 0 Å². The number of halogens is 1. The van der Waals surface area contributed by atoms with Crippen molar-refractivity contribution in [1.82, 2.24) is 10.2 Å². The van der Waals surface area contributed by atoms with Gasteiger partial charge in [-0.25, -0.2) is 0 Å². The molecule has 0 aliphatic carbocycles. The molecule has 5 nitrogen and oxygen atoms in total. The zero-order valence-corrected chi connectivity index (χ0v) is 16.6. The molecule has 0 radical (unpaired) electrons. The highest BCUT2D eigenvalue weighted by Gasteiger charge is 2.26. The first kappa shape index (κ1) is 20.8. The summed E-state index contributed by atoms with van der Waals surface area (Å²) in [5.74, 6) is 0.403. The van der Waals surface area contributed by atoms with Gasteiger partial charge in [0.15, 0.2) is 0 Å². The molecular weight excluding hydrogens is 364 g/mol. The summed E-state index contributed by atoms with van der Waals surface area (Å²) in [5, 5.41) is 3.32. The number of nitrogens with zero attached hydrogens (tertiary/aromatic N) is 1. The van der Waals surface area contributed by atoms with Gasteiger partial charge in [0, 0.05) is 18.1 Å². The Bertz CT molecular complexity index is 777. The molecule has 0 unspecified atom stereocenters. The summed E-state index contributed by atoms with van der Waals surface area (Å²) in [6.07, 6.45) is 0.138. The lowest BCUT2D eigenvalue weighted by Gasteiger charge is -2.29. The molecule has 0 aliphatic heterocycles. The Morgan fingerprint density at radius 3 is 2.41 bits per heavy atom. The second kappa shape index (κ2) is 9.97. The smallest absolute Gasteiger partial charge is 0.242 e. The number of hydrogen-bond donors (Lipinski definition) is 1. The summed E-state index contributed by atoms with van der Waals surface area (Å²) < 4.78 is 5.17. The van der Waals surface area contributed by atoms with Crippen LogP contribution in [0.25, 0.3) is 0 Å². The monoisotopic (exact) mass is 388 g/mol. The molecular formula is C21H25ClN2O3. The minimum atomic E-state index is -0.595.